The maximum atomic E-state index is 10.9. The van der Waals surface area contributed by atoms with Gasteiger partial charge in [0.1, 0.15) is 12.3 Å². The van der Waals surface area contributed by atoms with E-state index >= 15 is 0 Å². The van der Waals surface area contributed by atoms with Crippen LogP contribution in [0.25, 0.3) is 0 Å². The van der Waals surface area contributed by atoms with E-state index in [1.54, 1.807) is 5.38 Å². The fraction of sp³-hybridized carbons (Fsp3) is 0.286. The molecule has 6 nitrogen and oxygen atoms in total. The molecule has 1 atom stereocenters. The molecule has 0 saturated carbocycles. The Hall–Kier alpha value is -1.63. The van der Waals surface area contributed by atoms with Crippen LogP contribution in [0.15, 0.2) is 5.38 Å². The van der Waals surface area contributed by atoms with Crippen LogP contribution in [0.2, 0.25) is 0 Å². The number of nitrogen functional groups attached to an aromatic ring is 1. The lowest BCUT2D eigenvalue weighted by Crippen LogP contribution is -2.36. The Morgan fingerprint density at radius 2 is 2.50 bits per heavy atom. The number of nitrogens with zero attached hydrogens (tertiary/aromatic N) is 1. The van der Waals surface area contributed by atoms with Crippen LogP contribution in [0.5, 0.6) is 0 Å². The summed E-state index contributed by atoms with van der Waals surface area (Å²) in [4.78, 5) is 25.5. The number of carbonyl (C=O) groups is 2. The van der Waals surface area contributed by atoms with Crippen LogP contribution >= 0.6 is 11.3 Å². The predicted octanol–water partition coefficient (Wildman–Crippen LogP) is -0.106. The van der Waals surface area contributed by atoms with E-state index in [-0.39, 0.29) is 0 Å². The minimum Gasteiger partial charge on any atom is -0.375 e. The number of carbonyl (C=O) groups excluding carboxylic acids is 2. The van der Waals surface area contributed by atoms with Gasteiger partial charge < -0.3 is 21.2 Å². The lowest BCUT2D eigenvalue weighted by atomic mass is 10.2. The molecule has 76 valence electrons. The van der Waals surface area contributed by atoms with Crippen LogP contribution in [0, 0.1) is 0 Å². The summed E-state index contributed by atoms with van der Waals surface area (Å²) in [5.41, 5.74) is 5.85. The molecule has 0 aliphatic rings. The van der Waals surface area contributed by atoms with E-state index in [0.717, 1.165) is 0 Å². The molecular weight excluding hydrogens is 204 g/mol. The second kappa shape index (κ2) is 4.56. The van der Waals surface area contributed by atoms with Crippen LogP contribution in [-0.4, -0.2) is 24.3 Å². The van der Waals surface area contributed by atoms with Gasteiger partial charge in [0, 0.05) is 12.4 Å². The Morgan fingerprint density at radius 1 is 1.79 bits per heavy atom. The summed E-state index contributed by atoms with van der Waals surface area (Å²) in [5.74, 6) is 0. The average molecular weight is 214 g/mol. The molecule has 0 fully saturated rings. The number of rotatable bonds is 3. The number of amides is 2. The van der Waals surface area contributed by atoms with Gasteiger partial charge in [-0.25, -0.2) is 9.78 Å². The monoisotopic (exact) mass is 214 g/mol. The van der Waals surface area contributed by atoms with Crippen molar-refractivity contribution in [1.29, 1.82) is 0 Å². The van der Waals surface area contributed by atoms with Crippen LogP contribution < -0.4 is 16.4 Å². The van der Waals surface area contributed by atoms with Gasteiger partial charge in [0.05, 0.1) is 5.69 Å². The highest BCUT2D eigenvalue weighted by Gasteiger charge is 2.15. The first-order valence-electron chi connectivity index (χ1n) is 3.81. The van der Waals surface area contributed by atoms with E-state index < -0.39 is 12.1 Å². The van der Waals surface area contributed by atoms with Gasteiger partial charge in [-0.15, -0.1) is 11.3 Å². The Bertz CT molecular complexity index is 338. The molecular formula is C7H10N4O2S. The van der Waals surface area contributed by atoms with Gasteiger partial charge in [0.2, 0.25) is 0 Å². The summed E-state index contributed by atoms with van der Waals surface area (Å²) in [6.07, 6.45) is 0.601. The molecule has 7 heteroatoms. The molecule has 0 bridgehead atoms. The summed E-state index contributed by atoms with van der Waals surface area (Å²) in [6.45, 7) is 0. The molecule has 0 radical (unpaired) electrons. The van der Waals surface area contributed by atoms with Gasteiger partial charge in [-0.2, -0.15) is 0 Å². The van der Waals surface area contributed by atoms with Crippen molar-refractivity contribution in [2.24, 2.45) is 0 Å². The van der Waals surface area contributed by atoms with Crippen molar-refractivity contribution in [3.8, 4) is 0 Å². The first kappa shape index (κ1) is 10.5. The highest BCUT2D eigenvalue weighted by Crippen LogP contribution is 2.16. The fourth-order valence-corrected chi connectivity index (χ4v) is 1.43. The number of aldehydes is 1. The van der Waals surface area contributed by atoms with Gasteiger partial charge in [-0.3, -0.25) is 0 Å². The number of nitrogens with two attached hydrogens (primary N) is 1. The molecule has 0 aliphatic carbocycles. The second-order valence-electron chi connectivity index (χ2n) is 2.45. The quantitative estimate of drug-likeness (QED) is 0.612. The molecule has 0 aromatic carbocycles. The zero-order valence-corrected chi connectivity index (χ0v) is 8.30. The van der Waals surface area contributed by atoms with E-state index in [4.69, 9.17) is 5.73 Å². The molecule has 4 N–H and O–H groups in total. The van der Waals surface area contributed by atoms with E-state index in [2.05, 4.69) is 15.6 Å². The third kappa shape index (κ3) is 2.43. The van der Waals surface area contributed by atoms with Crippen LogP contribution in [0.3, 0.4) is 0 Å². The number of thiazole rings is 1. The number of hydrogen-bond acceptors (Lipinski definition) is 5. The standard InChI is InChI=1S/C7H10N4O2S/c1-9-7(13)11-4(2-12)5-3-14-6(8)10-5/h2-4H,1H3,(H2,8,10)(H2,9,11,13). The van der Waals surface area contributed by atoms with Gasteiger partial charge in [0.25, 0.3) is 0 Å². The third-order valence-electron chi connectivity index (χ3n) is 1.51. The van der Waals surface area contributed by atoms with E-state index in [1.807, 2.05) is 0 Å². The Balaban J connectivity index is 2.72. The second-order valence-corrected chi connectivity index (χ2v) is 3.34. The molecule has 1 aromatic heterocycles. The molecule has 14 heavy (non-hydrogen) atoms. The van der Waals surface area contributed by atoms with E-state index in [1.165, 1.54) is 18.4 Å². The minimum atomic E-state index is -0.747. The number of urea groups is 1. The first-order valence-corrected chi connectivity index (χ1v) is 4.69. The van der Waals surface area contributed by atoms with Crippen molar-refractivity contribution in [1.82, 2.24) is 15.6 Å². The van der Waals surface area contributed by atoms with Crippen molar-refractivity contribution in [2.75, 3.05) is 12.8 Å². The number of aromatic nitrogens is 1. The SMILES string of the molecule is CNC(=O)NC(C=O)c1csc(N)n1. The molecule has 1 heterocycles. The summed E-state index contributed by atoms with van der Waals surface area (Å²) in [6, 6.07) is -1.18. The van der Waals surface area contributed by atoms with Gasteiger partial charge >= 0.3 is 6.03 Å². The van der Waals surface area contributed by atoms with Crippen LogP contribution in [0.1, 0.15) is 11.7 Å². The van der Waals surface area contributed by atoms with E-state index in [0.29, 0.717) is 17.1 Å². The third-order valence-corrected chi connectivity index (χ3v) is 2.20. The molecule has 1 unspecified atom stereocenters. The Kier molecular flexibility index (Phi) is 3.41. The van der Waals surface area contributed by atoms with Crippen molar-refractivity contribution >= 4 is 28.8 Å². The van der Waals surface area contributed by atoms with Gasteiger partial charge in [-0.05, 0) is 0 Å². The zero-order chi connectivity index (χ0) is 10.6. The van der Waals surface area contributed by atoms with Crippen LogP contribution in [0.4, 0.5) is 9.93 Å². The minimum absolute atomic E-state index is 0.366. The highest BCUT2D eigenvalue weighted by molar-refractivity contribution is 7.13. The summed E-state index contributed by atoms with van der Waals surface area (Å²) < 4.78 is 0. The number of hydrogen-bond donors (Lipinski definition) is 3. The molecule has 0 spiro atoms. The summed E-state index contributed by atoms with van der Waals surface area (Å²) >= 11 is 1.22. The maximum absolute atomic E-state index is 10.9. The molecule has 1 rings (SSSR count). The van der Waals surface area contributed by atoms with Crippen molar-refractivity contribution in [3.63, 3.8) is 0 Å². The Morgan fingerprint density at radius 3 is 2.93 bits per heavy atom. The average Bonchev–Trinajstić information content (AvgIpc) is 2.60. The number of nitrogens with one attached hydrogen (secondary N) is 2. The van der Waals surface area contributed by atoms with Crippen LogP contribution in [-0.2, 0) is 4.79 Å². The molecule has 1 aromatic rings. The molecule has 2 amide bonds. The topological polar surface area (TPSA) is 97.1 Å². The fourth-order valence-electron chi connectivity index (χ4n) is 0.835. The summed E-state index contributed by atoms with van der Waals surface area (Å²) in [7, 11) is 1.46. The lowest BCUT2D eigenvalue weighted by Gasteiger charge is -2.08. The first-order chi connectivity index (χ1) is 6.67. The predicted molar refractivity (Wildman–Crippen MR) is 52.9 cm³/mol. The van der Waals surface area contributed by atoms with Crippen molar-refractivity contribution in [3.05, 3.63) is 11.1 Å². The summed E-state index contributed by atoms with van der Waals surface area (Å²) in [5, 5.41) is 6.75. The molecule has 0 saturated heterocycles. The Labute approximate surface area is 84.5 Å². The zero-order valence-electron chi connectivity index (χ0n) is 7.48. The lowest BCUT2D eigenvalue weighted by molar-refractivity contribution is -0.109. The number of anilines is 1. The van der Waals surface area contributed by atoms with Crippen molar-refractivity contribution < 1.29 is 9.59 Å². The normalized spacial score (nSPS) is 11.8. The van der Waals surface area contributed by atoms with E-state index in [9.17, 15) is 9.59 Å². The van der Waals surface area contributed by atoms with Gasteiger partial charge in [-0.1, -0.05) is 0 Å². The van der Waals surface area contributed by atoms with Crippen molar-refractivity contribution in [2.45, 2.75) is 6.04 Å². The highest BCUT2D eigenvalue weighted by atomic mass is 32.1. The van der Waals surface area contributed by atoms with Gasteiger partial charge in [0.15, 0.2) is 5.13 Å². The largest absolute Gasteiger partial charge is 0.375 e. The molecule has 0 aliphatic heterocycles. The maximum Gasteiger partial charge on any atom is 0.315 e. The smallest absolute Gasteiger partial charge is 0.315 e.